The number of carbonyl (C=O) groups is 1. The summed E-state index contributed by atoms with van der Waals surface area (Å²) in [7, 11) is -1.46. The summed E-state index contributed by atoms with van der Waals surface area (Å²) < 4.78 is 41.4. The minimum absolute atomic E-state index is 0.0222. The van der Waals surface area contributed by atoms with Crippen molar-refractivity contribution in [2.75, 3.05) is 5.32 Å². The van der Waals surface area contributed by atoms with Crippen molar-refractivity contribution in [3.05, 3.63) is 83.7 Å². The topological polar surface area (TPSA) is 125 Å². The van der Waals surface area contributed by atoms with Gasteiger partial charge in [-0.1, -0.05) is 6.07 Å². The molecule has 3 aromatic heterocycles. The van der Waals surface area contributed by atoms with Gasteiger partial charge >= 0.3 is 0 Å². The zero-order valence-electron chi connectivity index (χ0n) is 23.3. The molecule has 212 valence electrons. The van der Waals surface area contributed by atoms with E-state index in [0.29, 0.717) is 44.3 Å². The van der Waals surface area contributed by atoms with Crippen molar-refractivity contribution in [3.8, 4) is 11.5 Å². The number of hydrogen-bond donors (Lipinski definition) is 1. The van der Waals surface area contributed by atoms with Crippen molar-refractivity contribution < 1.29 is 22.5 Å². The van der Waals surface area contributed by atoms with Crippen molar-refractivity contribution >= 4 is 33.3 Å². The van der Waals surface area contributed by atoms with Crippen LogP contribution in [-0.4, -0.2) is 35.1 Å². The number of nitrogens with zero attached hydrogens (tertiary/aromatic N) is 5. The van der Waals surface area contributed by atoms with Crippen LogP contribution in [0.5, 0.6) is 11.5 Å². The van der Waals surface area contributed by atoms with Crippen molar-refractivity contribution in [2.24, 2.45) is 0 Å². The van der Waals surface area contributed by atoms with Gasteiger partial charge in [0, 0.05) is 29.6 Å². The molecule has 1 N–H and O–H groups in total. The zero-order valence-corrected chi connectivity index (χ0v) is 24.1. The van der Waals surface area contributed by atoms with E-state index < -0.39 is 16.6 Å². The summed E-state index contributed by atoms with van der Waals surface area (Å²) >= 11 is 0. The van der Waals surface area contributed by atoms with Crippen LogP contribution in [0.2, 0.25) is 0 Å². The molecule has 5 aromatic rings. The van der Waals surface area contributed by atoms with Crippen LogP contribution < -0.4 is 10.1 Å². The fourth-order valence-corrected chi connectivity index (χ4v) is 5.19. The van der Waals surface area contributed by atoms with Crippen LogP contribution >= 0.6 is 0 Å². The van der Waals surface area contributed by atoms with Crippen LogP contribution in [-0.2, 0) is 33.3 Å². The average Bonchev–Trinajstić information content (AvgIpc) is 3.54. The predicted octanol–water partition coefficient (Wildman–Crippen LogP) is 5.61. The maximum Gasteiger partial charge on any atom is 0.229 e. The van der Waals surface area contributed by atoms with E-state index in [-0.39, 0.29) is 35.3 Å². The van der Waals surface area contributed by atoms with Crippen LogP contribution in [0, 0.1) is 19.7 Å². The molecule has 41 heavy (non-hydrogen) atoms. The Bertz CT molecular complexity index is 1750. The standard InChI is InChI=1S/C29H29FN6O4S/c1-17-10-19(12-26(37)33-20-14-32-36(15-20)29(3,4)5)11-23(30)28(17)40-25-8-9-31-24-7-6-21(13-22(24)25)41(38)16-27-35-34-18(2)39-27/h6-11,13-15H,12,16H2,1-5H3,(H,33,37). The van der Waals surface area contributed by atoms with Crippen LogP contribution in [0.1, 0.15) is 43.7 Å². The number of halogens is 1. The molecule has 0 fully saturated rings. The van der Waals surface area contributed by atoms with Crippen LogP contribution in [0.3, 0.4) is 0 Å². The van der Waals surface area contributed by atoms with Gasteiger partial charge in [-0.25, -0.2) is 4.39 Å². The Balaban J connectivity index is 1.33. The third-order valence-electron chi connectivity index (χ3n) is 6.18. The molecule has 0 bridgehead atoms. The van der Waals surface area contributed by atoms with Gasteiger partial charge in [-0.3, -0.25) is 18.7 Å². The van der Waals surface area contributed by atoms with Gasteiger partial charge in [0.1, 0.15) is 11.5 Å². The lowest BCUT2D eigenvalue weighted by atomic mass is 10.1. The second-order valence-corrected chi connectivity index (χ2v) is 12.0. The first-order valence-electron chi connectivity index (χ1n) is 12.8. The maximum absolute atomic E-state index is 15.3. The normalized spacial score (nSPS) is 12.4. The summed E-state index contributed by atoms with van der Waals surface area (Å²) in [4.78, 5) is 17.5. The fraction of sp³-hybridized carbons (Fsp3) is 0.276. The second kappa shape index (κ2) is 11.2. The first kappa shape index (κ1) is 28.1. The summed E-state index contributed by atoms with van der Waals surface area (Å²) in [5.41, 5.74) is 1.97. The molecule has 1 unspecified atom stereocenters. The number of hydrogen-bond acceptors (Lipinski definition) is 8. The highest BCUT2D eigenvalue weighted by molar-refractivity contribution is 7.84. The summed E-state index contributed by atoms with van der Waals surface area (Å²) in [6.45, 7) is 9.40. The summed E-state index contributed by atoms with van der Waals surface area (Å²) in [5.74, 6) is 0.214. The van der Waals surface area contributed by atoms with Crippen molar-refractivity contribution in [1.82, 2.24) is 25.0 Å². The third kappa shape index (κ3) is 6.49. The SMILES string of the molecule is Cc1nnc(CS(=O)c2ccc3nccc(Oc4c(C)cc(CC(=O)Nc5cnn(C(C)(C)C)c5)cc4F)c3c2)o1. The van der Waals surface area contributed by atoms with E-state index in [1.54, 1.807) is 67.5 Å². The molecular formula is C29H29FN6O4S. The minimum atomic E-state index is -1.46. The maximum atomic E-state index is 15.3. The number of ether oxygens (including phenoxy) is 1. The van der Waals surface area contributed by atoms with Gasteiger partial charge in [-0.05, 0) is 69.2 Å². The Hall–Kier alpha value is -4.45. The fourth-order valence-electron chi connectivity index (χ4n) is 4.21. The Labute approximate surface area is 238 Å². The number of rotatable bonds is 8. The molecule has 5 rings (SSSR count). The Morgan fingerprint density at radius 1 is 1.15 bits per heavy atom. The largest absolute Gasteiger partial charge is 0.453 e. The van der Waals surface area contributed by atoms with Crippen molar-refractivity contribution in [2.45, 2.75) is 57.2 Å². The van der Waals surface area contributed by atoms with Crippen molar-refractivity contribution in [3.63, 3.8) is 0 Å². The highest BCUT2D eigenvalue weighted by Crippen LogP contribution is 2.34. The molecule has 2 aromatic carbocycles. The monoisotopic (exact) mass is 576 g/mol. The van der Waals surface area contributed by atoms with Gasteiger partial charge in [-0.15, -0.1) is 10.2 Å². The summed E-state index contributed by atoms with van der Waals surface area (Å²) in [5, 5.41) is 15.3. The molecule has 0 aliphatic heterocycles. The molecule has 3 heterocycles. The Morgan fingerprint density at radius 3 is 2.63 bits per heavy atom. The molecule has 1 amide bonds. The van der Waals surface area contributed by atoms with Gasteiger partial charge in [0.25, 0.3) is 0 Å². The molecule has 0 saturated heterocycles. The van der Waals surface area contributed by atoms with E-state index in [2.05, 4.69) is 25.6 Å². The van der Waals surface area contributed by atoms with Crippen molar-refractivity contribution in [1.29, 1.82) is 0 Å². The number of benzene rings is 2. The lowest BCUT2D eigenvalue weighted by molar-refractivity contribution is -0.115. The summed E-state index contributed by atoms with van der Waals surface area (Å²) in [6.07, 6.45) is 4.87. The number of nitrogens with one attached hydrogen (secondary N) is 1. The van der Waals surface area contributed by atoms with Gasteiger partial charge in [0.05, 0.1) is 40.2 Å². The molecule has 12 heteroatoms. The molecule has 0 spiro atoms. The number of carbonyl (C=O) groups excluding carboxylic acids is 1. The first-order valence-corrected chi connectivity index (χ1v) is 14.2. The molecule has 0 aliphatic carbocycles. The highest BCUT2D eigenvalue weighted by atomic mass is 32.2. The zero-order chi connectivity index (χ0) is 29.3. The van der Waals surface area contributed by atoms with Gasteiger partial charge in [0.15, 0.2) is 11.6 Å². The quantitative estimate of drug-likeness (QED) is 0.253. The molecular weight excluding hydrogens is 547 g/mol. The summed E-state index contributed by atoms with van der Waals surface area (Å²) in [6, 6.07) is 9.76. The minimum Gasteiger partial charge on any atom is -0.453 e. The third-order valence-corrected chi connectivity index (χ3v) is 7.47. The lowest BCUT2D eigenvalue weighted by Gasteiger charge is -2.18. The number of fused-ring (bicyclic) bond motifs is 1. The van der Waals surface area contributed by atoms with E-state index in [0.717, 1.165) is 0 Å². The Morgan fingerprint density at radius 2 is 1.95 bits per heavy atom. The molecule has 0 saturated carbocycles. The van der Waals surface area contributed by atoms with E-state index in [4.69, 9.17) is 9.15 Å². The average molecular weight is 577 g/mol. The van der Waals surface area contributed by atoms with Gasteiger partial charge in [0.2, 0.25) is 17.7 Å². The van der Waals surface area contributed by atoms with Crippen LogP contribution in [0.15, 0.2) is 64.3 Å². The molecule has 1 atom stereocenters. The number of aryl methyl sites for hydroxylation is 2. The molecule has 0 aliphatic rings. The van der Waals surface area contributed by atoms with Crippen LogP contribution in [0.25, 0.3) is 10.9 Å². The van der Waals surface area contributed by atoms with E-state index >= 15 is 4.39 Å². The Kier molecular flexibility index (Phi) is 7.68. The van der Waals surface area contributed by atoms with Gasteiger partial charge in [-0.2, -0.15) is 5.10 Å². The number of amides is 1. The van der Waals surface area contributed by atoms with E-state index in [1.807, 2.05) is 20.8 Å². The smallest absolute Gasteiger partial charge is 0.229 e. The van der Waals surface area contributed by atoms with Gasteiger partial charge < -0.3 is 14.5 Å². The van der Waals surface area contributed by atoms with Crippen LogP contribution in [0.4, 0.5) is 10.1 Å². The number of pyridine rings is 1. The highest BCUT2D eigenvalue weighted by Gasteiger charge is 2.18. The second-order valence-electron chi connectivity index (χ2n) is 10.6. The lowest BCUT2D eigenvalue weighted by Crippen LogP contribution is -2.22. The van der Waals surface area contributed by atoms with E-state index in [1.165, 1.54) is 6.07 Å². The van der Waals surface area contributed by atoms with E-state index in [9.17, 15) is 9.00 Å². The number of anilines is 1. The molecule has 0 radical (unpaired) electrons. The molecule has 10 nitrogen and oxygen atoms in total. The number of aromatic nitrogens is 5. The predicted molar refractivity (Wildman–Crippen MR) is 152 cm³/mol. The first-order chi connectivity index (χ1) is 19.5.